The largest absolute Gasteiger partial charge is 0.353 e. The van der Waals surface area contributed by atoms with Gasteiger partial charge in [0, 0.05) is 37.3 Å². The molecule has 0 saturated carbocycles. The molecule has 22 heavy (non-hydrogen) atoms. The molecule has 2 aromatic heterocycles. The Morgan fingerprint density at radius 2 is 1.95 bits per heavy atom. The van der Waals surface area contributed by atoms with Crippen LogP contribution in [0.2, 0.25) is 0 Å². The van der Waals surface area contributed by atoms with Gasteiger partial charge in [-0.1, -0.05) is 0 Å². The maximum Gasteiger partial charge on any atom is 0.222 e. The van der Waals surface area contributed by atoms with Crippen LogP contribution in [0, 0.1) is 13.8 Å². The van der Waals surface area contributed by atoms with Crippen LogP contribution in [-0.2, 0) is 11.3 Å². The molecule has 0 aliphatic rings. The fraction of sp³-hybridized carbons (Fsp3) is 0.625. The number of aliphatic hydroxyl groups is 1. The van der Waals surface area contributed by atoms with Crippen molar-refractivity contribution in [2.24, 2.45) is 0 Å². The molecule has 0 aliphatic carbocycles. The fourth-order valence-corrected chi connectivity index (χ4v) is 2.57. The van der Waals surface area contributed by atoms with Crippen molar-refractivity contribution >= 4 is 11.0 Å². The van der Waals surface area contributed by atoms with E-state index in [0.29, 0.717) is 13.1 Å². The lowest BCUT2D eigenvalue weighted by atomic mass is 10.2. The predicted molar refractivity (Wildman–Crippen MR) is 86.5 cm³/mol. The molecule has 0 radical (unpaired) electrons. The molecule has 0 bridgehead atoms. The smallest absolute Gasteiger partial charge is 0.222 e. The highest BCUT2D eigenvalue weighted by Crippen LogP contribution is 2.18. The highest BCUT2D eigenvalue weighted by Gasteiger charge is 2.27. The Labute approximate surface area is 131 Å². The summed E-state index contributed by atoms with van der Waals surface area (Å²) in [6.07, 6.45) is 1.84. The van der Waals surface area contributed by atoms with E-state index in [1.165, 1.54) is 0 Å². The van der Waals surface area contributed by atoms with Gasteiger partial charge in [0.2, 0.25) is 5.91 Å². The van der Waals surface area contributed by atoms with Crippen LogP contribution in [-0.4, -0.2) is 37.7 Å². The van der Waals surface area contributed by atoms with Gasteiger partial charge in [-0.05, 0) is 40.7 Å². The lowest BCUT2D eigenvalue weighted by Gasteiger charge is -2.32. The number of hydrogen-bond donors (Lipinski definition) is 2. The van der Waals surface area contributed by atoms with Crippen LogP contribution in [0.4, 0.5) is 0 Å². The Morgan fingerprint density at radius 1 is 1.27 bits per heavy atom. The molecule has 1 atom stereocenters. The van der Waals surface area contributed by atoms with E-state index >= 15 is 0 Å². The van der Waals surface area contributed by atoms with Crippen LogP contribution in [0.25, 0.3) is 11.0 Å². The first-order chi connectivity index (χ1) is 10.1. The summed E-state index contributed by atoms with van der Waals surface area (Å²) >= 11 is 0. The number of hydrogen-bond acceptors (Lipinski definition) is 5. The number of fused-ring (bicyclic) bond motifs is 1. The molecular weight excluding hydrogens is 280 g/mol. The first-order valence-corrected chi connectivity index (χ1v) is 7.54. The number of aromatic nitrogens is 3. The van der Waals surface area contributed by atoms with Gasteiger partial charge in [-0.15, -0.1) is 0 Å². The summed E-state index contributed by atoms with van der Waals surface area (Å²) in [4.78, 5) is 8.72. The summed E-state index contributed by atoms with van der Waals surface area (Å²) < 4.78 is 7.71. The van der Waals surface area contributed by atoms with E-state index in [0.717, 1.165) is 22.6 Å². The van der Waals surface area contributed by atoms with Gasteiger partial charge in [-0.25, -0.2) is 9.97 Å². The van der Waals surface area contributed by atoms with E-state index in [9.17, 15) is 5.11 Å². The Morgan fingerprint density at radius 3 is 2.59 bits per heavy atom. The third-order valence-corrected chi connectivity index (χ3v) is 3.26. The van der Waals surface area contributed by atoms with Crippen LogP contribution in [0.3, 0.4) is 0 Å². The molecule has 0 fully saturated rings. The van der Waals surface area contributed by atoms with Crippen molar-refractivity contribution in [2.75, 3.05) is 6.54 Å². The molecule has 0 aromatic carbocycles. The van der Waals surface area contributed by atoms with Gasteiger partial charge in [-0.2, -0.15) is 0 Å². The Balaban J connectivity index is 2.06. The van der Waals surface area contributed by atoms with Crippen LogP contribution in [0.15, 0.2) is 12.3 Å². The molecule has 0 amide bonds. The van der Waals surface area contributed by atoms with Crippen LogP contribution < -0.4 is 5.32 Å². The van der Waals surface area contributed by atoms with E-state index in [1.807, 2.05) is 40.8 Å². The normalized spacial score (nSPS) is 15.2. The van der Waals surface area contributed by atoms with E-state index < -0.39 is 11.5 Å². The maximum absolute atomic E-state index is 10.2. The molecule has 6 nitrogen and oxygen atoms in total. The Hall–Kier alpha value is -1.50. The van der Waals surface area contributed by atoms with Gasteiger partial charge in [0.1, 0.15) is 11.5 Å². The zero-order valence-corrected chi connectivity index (χ0v) is 14.3. The van der Waals surface area contributed by atoms with Crippen molar-refractivity contribution in [3.05, 3.63) is 23.8 Å². The van der Waals surface area contributed by atoms with Crippen molar-refractivity contribution in [2.45, 2.75) is 59.6 Å². The van der Waals surface area contributed by atoms with Gasteiger partial charge in [-0.3, -0.25) is 5.32 Å². The Kier molecular flexibility index (Phi) is 4.56. The molecule has 0 spiro atoms. The molecule has 2 aromatic rings. The predicted octanol–water partition coefficient (Wildman–Crippen LogP) is 2.12. The minimum atomic E-state index is -1.36. The fourth-order valence-electron chi connectivity index (χ4n) is 2.57. The third kappa shape index (κ3) is 4.25. The highest BCUT2D eigenvalue weighted by molar-refractivity contribution is 5.76. The molecule has 122 valence electrons. The average molecular weight is 306 g/mol. The van der Waals surface area contributed by atoms with E-state index in [1.54, 1.807) is 6.92 Å². The van der Waals surface area contributed by atoms with Crippen LogP contribution in [0.1, 0.15) is 39.2 Å². The summed E-state index contributed by atoms with van der Waals surface area (Å²) in [5.74, 6) is -0.608. The first-order valence-electron chi connectivity index (χ1n) is 7.54. The van der Waals surface area contributed by atoms with Gasteiger partial charge in [0.15, 0.2) is 0 Å². The number of ether oxygens (including phenoxy) is 1. The van der Waals surface area contributed by atoms with Crippen LogP contribution >= 0.6 is 0 Å². The second kappa shape index (κ2) is 5.95. The SMILES string of the molecule is Cc1ncc2cc(C)n(CCNC(C)(O)OC(C)(C)C)c2n1. The zero-order chi connectivity index (χ0) is 16.5. The molecule has 6 heteroatoms. The molecule has 0 aliphatic heterocycles. The topological polar surface area (TPSA) is 72.2 Å². The summed E-state index contributed by atoms with van der Waals surface area (Å²) in [7, 11) is 0. The average Bonchev–Trinajstić information content (AvgIpc) is 2.62. The highest BCUT2D eigenvalue weighted by atomic mass is 16.7. The van der Waals surface area contributed by atoms with Crippen molar-refractivity contribution in [3.8, 4) is 0 Å². The molecule has 2 heterocycles. The summed E-state index contributed by atoms with van der Waals surface area (Å²) in [5.41, 5.74) is 1.62. The third-order valence-electron chi connectivity index (χ3n) is 3.26. The van der Waals surface area contributed by atoms with Gasteiger partial charge >= 0.3 is 0 Å². The number of nitrogens with one attached hydrogen (secondary N) is 1. The standard InChI is InChI=1S/C16H26N4O2/c1-11-9-13-10-17-12(2)19-14(13)20(11)8-7-18-16(6,21)22-15(3,4)5/h9-10,18,21H,7-8H2,1-6H3. The Bertz CT molecular complexity index is 656. The molecule has 0 saturated heterocycles. The summed E-state index contributed by atoms with van der Waals surface area (Å²) in [5, 5.41) is 14.3. The molecule has 2 N–H and O–H groups in total. The minimum Gasteiger partial charge on any atom is -0.353 e. The number of rotatable bonds is 5. The van der Waals surface area contributed by atoms with Crippen molar-refractivity contribution in [1.82, 2.24) is 19.9 Å². The number of nitrogens with zero attached hydrogens (tertiary/aromatic N) is 3. The van der Waals surface area contributed by atoms with Gasteiger partial charge < -0.3 is 14.4 Å². The maximum atomic E-state index is 10.2. The van der Waals surface area contributed by atoms with Crippen LogP contribution in [0.5, 0.6) is 0 Å². The van der Waals surface area contributed by atoms with Crippen molar-refractivity contribution in [1.29, 1.82) is 0 Å². The monoisotopic (exact) mass is 306 g/mol. The van der Waals surface area contributed by atoms with Gasteiger partial charge in [0.05, 0.1) is 5.60 Å². The molecule has 1 unspecified atom stereocenters. The second-order valence-corrected chi connectivity index (χ2v) is 6.76. The zero-order valence-electron chi connectivity index (χ0n) is 14.3. The minimum absolute atomic E-state index is 0.420. The molecular formula is C16H26N4O2. The summed E-state index contributed by atoms with van der Waals surface area (Å²) in [6, 6.07) is 2.07. The van der Waals surface area contributed by atoms with E-state index in [2.05, 4.69) is 25.9 Å². The van der Waals surface area contributed by atoms with Gasteiger partial charge in [0.25, 0.3) is 0 Å². The van der Waals surface area contributed by atoms with E-state index in [-0.39, 0.29) is 0 Å². The van der Waals surface area contributed by atoms with Crippen molar-refractivity contribution < 1.29 is 9.84 Å². The quantitative estimate of drug-likeness (QED) is 0.828. The van der Waals surface area contributed by atoms with E-state index in [4.69, 9.17) is 4.74 Å². The lowest BCUT2D eigenvalue weighted by molar-refractivity contribution is -0.259. The molecule has 2 rings (SSSR count). The number of aryl methyl sites for hydroxylation is 2. The lowest BCUT2D eigenvalue weighted by Crippen LogP contribution is -2.50. The first kappa shape index (κ1) is 16.9. The summed E-state index contributed by atoms with van der Waals surface area (Å²) in [6.45, 7) is 12.5. The van der Waals surface area contributed by atoms with Crippen molar-refractivity contribution in [3.63, 3.8) is 0 Å². The second-order valence-electron chi connectivity index (χ2n) is 6.76.